The van der Waals surface area contributed by atoms with Crippen molar-refractivity contribution in [2.24, 2.45) is 0 Å². The molecule has 0 N–H and O–H groups in total. The van der Waals surface area contributed by atoms with E-state index in [4.69, 9.17) is 4.74 Å². The Morgan fingerprint density at radius 3 is 2.26 bits per heavy atom. The van der Waals surface area contributed by atoms with Crippen molar-refractivity contribution >= 4 is 31.5 Å². The van der Waals surface area contributed by atoms with Gasteiger partial charge in [0.1, 0.15) is 5.75 Å². The Bertz CT molecular complexity index is 761. The summed E-state index contributed by atoms with van der Waals surface area (Å²) in [4.78, 5) is 0. The first-order valence-electron chi connectivity index (χ1n) is 8.74. The van der Waals surface area contributed by atoms with Crippen molar-refractivity contribution in [1.82, 2.24) is 0 Å². The normalized spacial score (nSPS) is 11.5. The van der Waals surface area contributed by atoms with E-state index in [1.807, 2.05) is 11.3 Å². The minimum atomic E-state index is 0.789. The fourth-order valence-corrected chi connectivity index (χ4v) is 4.52. The molecule has 0 amide bonds. The first-order chi connectivity index (χ1) is 11.2. The van der Waals surface area contributed by atoms with E-state index in [-0.39, 0.29) is 0 Å². The number of aryl methyl sites for hydroxylation is 3. The van der Waals surface area contributed by atoms with E-state index in [2.05, 4.69) is 52.0 Å². The molecule has 0 aliphatic carbocycles. The molecular formula is C21H26OS. The van der Waals surface area contributed by atoms with Crippen LogP contribution < -0.4 is 4.74 Å². The molecule has 0 aliphatic heterocycles. The fourth-order valence-electron chi connectivity index (χ4n) is 3.20. The van der Waals surface area contributed by atoms with Gasteiger partial charge in [-0.3, -0.25) is 0 Å². The lowest BCUT2D eigenvalue weighted by Crippen LogP contribution is -1.96. The highest BCUT2D eigenvalue weighted by Crippen LogP contribution is 2.41. The third kappa shape index (κ3) is 2.97. The summed E-state index contributed by atoms with van der Waals surface area (Å²) in [5.41, 5.74) is 4.25. The molecule has 0 unspecified atom stereocenters. The van der Waals surface area contributed by atoms with Gasteiger partial charge in [-0.15, -0.1) is 11.3 Å². The number of thiophene rings is 1. The van der Waals surface area contributed by atoms with Gasteiger partial charge >= 0.3 is 0 Å². The summed E-state index contributed by atoms with van der Waals surface area (Å²) in [7, 11) is 0. The van der Waals surface area contributed by atoms with Crippen molar-refractivity contribution in [2.75, 3.05) is 6.61 Å². The van der Waals surface area contributed by atoms with Gasteiger partial charge in [-0.2, -0.15) is 0 Å². The molecule has 1 heterocycles. The molecule has 0 bridgehead atoms. The summed E-state index contributed by atoms with van der Waals surface area (Å²) in [6, 6.07) is 9.02. The van der Waals surface area contributed by atoms with Gasteiger partial charge in [0.15, 0.2) is 0 Å². The van der Waals surface area contributed by atoms with E-state index in [0.717, 1.165) is 18.8 Å². The molecule has 0 aliphatic rings. The van der Waals surface area contributed by atoms with Gasteiger partial charge in [0.2, 0.25) is 0 Å². The van der Waals surface area contributed by atoms with E-state index in [9.17, 15) is 0 Å². The molecule has 0 fully saturated rings. The summed E-state index contributed by atoms with van der Waals surface area (Å²) in [6.45, 7) is 9.67. The van der Waals surface area contributed by atoms with Crippen LogP contribution in [0.2, 0.25) is 0 Å². The van der Waals surface area contributed by atoms with Crippen LogP contribution in [0.4, 0.5) is 0 Å². The van der Waals surface area contributed by atoms with Crippen LogP contribution in [0.15, 0.2) is 24.3 Å². The number of rotatable bonds is 6. The monoisotopic (exact) mass is 326 g/mol. The van der Waals surface area contributed by atoms with Crippen LogP contribution in [0.5, 0.6) is 5.75 Å². The standard InChI is InChI=1S/C21H26OS/c1-5-7-8-16-9-10-17-18-11-12-19(22-13-6-2)15(4)21(18)23-20(17)14(16)3/h9-12H,5-8,13H2,1-4H3. The third-order valence-corrected chi connectivity index (χ3v) is 6.09. The van der Waals surface area contributed by atoms with Crippen LogP contribution in [0.3, 0.4) is 0 Å². The molecule has 1 aromatic heterocycles. The SMILES string of the molecule is CCCCc1ccc2c(sc3c(C)c(OCCC)ccc32)c1C. The quantitative estimate of drug-likeness (QED) is 0.484. The topological polar surface area (TPSA) is 9.23 Å². The van der Waals surface area contributed by atoms with Gasteiger partial charge in [0.05, 0.1) is 6.61 Å². The molecule has 0 spiro atoms. The first-order valence-corrected chi connectivity index (χ1v) is 9.56. The van der Waals surface area contributed by atoms with Crippen LogP contribution >= 0.6 is 11.3 Å². The Hall–Kier alpha value is -1.54. The number of benzene rings is 2. The van der Waals surface area contributed by atoms with Gasteiger partial charge in [0.25, 0.3) is 0 Å². The molecule has 3 aromatic rings. The number of hydrogen-bond acceptors (Lipinski definition) is 2. The number of unbranched alkanes of at least 4 members (excludes halogenated alkanes) is 1. The Morgan fingerprint density at radius 1 is 0.870 bits per heavy atom. The molecular weight excluding hydrogens is 300 g/mol. The lowest BCUT2D eigenvalue weighted by molar-refractivity contribution is 0.316. The van der Waals surface area contributed by atoms with Crippen LogP contribution in [-0.2, 0) is 6.42 Å². The van der Waals surface area contributed by atoms with Crippen LogP contribution in [0.1, 0.15) is 49.8 Å². The van der Waals surface area contributed by atoms with E-state index in [1.165, 1.54) is 56.1 Å². The molecule has 2 aromatic carbocycles. The van der Waals surface area contributed by atoms with Crippen molar-refractivity contribution < 1.29 is 4.74 Å². The molecule has 23 heavy (non-hydrogen) atoms. The van der Waals surface area contributed by atoms with Crippen molar-refractivity contribution in [1.29, 1.82) is 0 Å². The van der Waals surface area contributed by atoms with E-state index in [0.29, 0.717) is 0 Å². The molecule has 0 atom stereocenters. The maximum Gasteiger partial charge on any atom is 0.123 e. The summed E-state index contributed by atoms with van der Waals surface area (Å²) in [6.07, 6.45) is 4.76. The zero-order valence-corrected chi connectivity index (χ0v) is 15.5. The van der Waals surface area contributed by atoms with Crippen LogP contribution in [0, 0.1) is 13.8 Å². The van der Waals surface area contributed by atoms with E-state index < -0.39 is 0 Å². The zero-order chi connectivity index (χ0) is 16.4. The predicted octanol–water partition coefficient (Wildman–Crippen LogP) is 6.80. The number of fused-ring (bicyclic) bond motifs is 3. The maximum atomic E-state index is 5.90. The predicted molar refractivity (Wildman–Crippen MR) is 103 cm³/mol. The average Bonchev–Trinajstić information content (AvgIpc) is 2.94. The third-order valence-electron chi connectivity index (χ3n) is 4.63. The van der Waals surface area contributed by atoms with Gasteiger partial charge in [-0.05, 0) is 56.4 Å². The highest BCUT2D eigenvalue weighted by molar-refractivity contribution is 7.26. The van der Waals surface area contributed by atoms with Crippen LogP contribution in [0.25, 0.3) is 20.2 Å². The summed E-state index contributed by atoms with van der Waals surface area (Å²) < 4.78 is 8.73. The molecule has 1 nitrogen and oxygen atoms in total. The van der Waals surface area contributed by atoms with Gasteiger partial charge in [-0.1, -0.05) is 32.4 Å². The highest BCUT2D eigenvalue weighted by atomic mass is 32.1. The molecule has 3 rings (SSSR count). The maximum absolute atomic E-state index is 5.90. The average molecular weight is 327 g/mol. The second-order valence-corrected chi connectivity index (χ2v) is 7.37. The van der Waals surface area contributed by atoms with Crippen molar-refractivity contribution in [3.63, 3.8) is 0 Å². The molecule has 2 heteroatoms. The molecule has 0 radical (unpaired) electrons. The van der Waals surface area contributed by atoms with Gasteiger partial charge in [0, 0.05) is 25.7 Å². The van der Waals surface area contributed by atoms with Gasteiger partial charge in [-0.25, -0.2) is 0 Å². The molecule has 122 valence electrons. The Morgan fingerprint density at radius 2 is 1.57 bits per heavy atom. The largest absolute Gasteiger partial charge is 0.493 e. The fraction of sp³-hybridized carbons (Fsp3) is 0.429. The Balaban J connectivity index is 2.13. The Kier molecular flexibility index (Phi) is 4.91. The summed E-state index contributed by atoms with van der Waals surface area (Å²) >= 11 is 1.93. The van der Waals surface area contributed by atoms with Crippen molar-refractivity contribution in [2.45, 2.75) is 53.4 Å². The smallest absolute Gasteiger partial charge is 0.123 e. The first kappa shape index (κ1) is 16.3. The van der Waals surface area contributed by atoms with Crippen molar-refractivity contribution in [3.8, 4) is 5.75 Å². The Labute approximate surface area is 143 Å². The lowest BCUT2D eigenvalue weighted by Gasteiger charge is -2.08. The highest BCUT2D eigenvalue weighted by Gasteiger charge is 2.13. The minimum absolute atomic E-state index is 0.789. The van der Waals surface area contributed by atoms with Gasteiger partial charge < -0.3 is 4.74 Å². The zero-order valence-electron chi connectivity index (χ0n) is 14.7. The summed E-state index contributed by atoms with van der Waals surface area (Å²) in [5.74, 6) is 1.04. The number of ether oxygens (including phenoxy) is 1. The van der Waals surface area contributed by atoms with Crippen LogP contribution in [-0.4, -0.2) is 6.61 Å². The lowest BCUT2D eigenvalue weighted by atomic mass is 10.00. The second-order valence-electron chi connectivity index (χ2n) is 6.35. The second kappa shape index (κ2) is 6.92. The minimum Gasteiger partial charge on any atom is -0.493 e. The molecule has 0 saturated heterocycles. The van der Waals surface area contributed by atoms with E-state index >= 15 is 0 Å². The van der Waals surface area contributed by atoms with E-state index in [1.54, 1.807) is 0 Å². The summed E-state index contributed by atoms with van der Waals surface area (Å²) in [5, 5.41) is 2.77. The number of hydrogen-bond donors (Lipinski definition) is 0. The van der Waals surface area contributed by atoms with Crippen molar-refractivity contribution in [3.05, 3.63) is 41.0 Å². The molecule has 0 saturated carbocycles.